The molecule has 0 unspecified atom stereocenters. The molecule has 1 saturated heterocycles. The fraction of sp³-hybridized carbons (Fsp3) is 0.533. The van der Waals surface area contributed by atoms with E-state index in [1.807, 2.05) is 43.3 Å². The molecular weight excluding hydrogens is 266 g/mol. The third-order valence-electron chi connectivity index (χ3n) is 3.60. The molecule has 0 amide bonds. The summed E-state index contributed by atoms with van der Waals surface area (Å²) in [6.45, 7) is 8.21. The maximum Gasteiger partial charge on any atom is 0.0898 e. The highest BCUT2D eigenvalue weighted by Crippen LogP contribution is 2.11. The van der Waals surface area contributed by atoms with E-state index in [0.29, 0.717) is 0 Å². The van der Waals surface area contributed by atoms with E-state index in [2.05, 4.69) is 20.0 Å². The maximum absolute atomic E-state index is 5.84. The van der Waals surface area contributed by atoms with Crippen molar-refractivity contribution >= 4 is 0 Å². The highest BCUT2D eigenvalue weighted by molar-refractivity contribution is 5.01. The number of aromatic nitrogens is 4. The molecule has 21 heavy (non-hydrogen) atoms. The molecule has 0 aliphatic carbocycles. The Bertz CT molecular complexity index is 580. The van der Waals surface area contributed by atoms with Gasteiger partial charge in [0.2, 0.25) is 0 Å². The summed E-state index contributed by atoms with van der Waals surface area (Å²) in [5.74, 6) is 0. The Labute approximate surface area is 124 Å². The summed E-state index contributed by atoms with van der Waals surface area (Å²) >= 11 is 0. The summed E-state index contributed by atoms with van der Waals surface area (Å²) in [4.78, 5) is 11.1. The van der Waals surface area contributed by atoms with Crippen molar-refractivity contribution in [2.45, 2.75) is 33.0 Å². The first kappa shape index (κ1) is 14.2. The normalized spacial score (nSPS) is 19.8. The van der Waals surface area contributed by atoms with E-state index < -0.39 is 0 Å². The molecule has 0 N–H and O–H groups in total. The number of hydrogen-bond acceptors (Lipinski definition) is 5. The van der Waals surface area contributed by atoms with Gasteiger partial charge in [0.15, 0.2) is 0 Å². The van der Waals surface area contributed by atoms with Crippen molar-refractivity contribution in [3.05, 3.63) is 41.7 Å². The number of rotatable bonds is 4. The first-order chi connectivity index (χ1) is 10.2. The van der Waals surface area contributed by atoms with Gasteiger partial charge in [-0.25, -0.2) is 0 Å². The van der Waals surface area contributed by atoms with Crippen LogP contribution in [0.4, 0.5) is 0 Å². The molecule has 0 spiro atoms. The molecule has 3 heterocycles. The molecule has 0 saturated carbocycles. The highest BCUT2D eigenvalue weighted by atomic mass is 16.5. The first-order valence-electron chi connectivity index (χ1n) is 7.29. The Kier molecular flexibility index (Phi) is 4.26. The average molecular weight is 287 g/mol. The third kappa shape index (κ3) is 3.86. The molecule has 0 aromatic carbocycles. The van der Waals surface area contributed by atoms with Gasteiger partial charge in [0.1, 0.15) is 0 Å². The van der Waals surface area contributed by atoms with Gasteiger partial charge < -0.3 is 4.74 Å². The van der Waals surface area contributed by atoms with Crippen LogP contribution >= 0.6 is 0 Å². The van der Waals surface area contributed by atoms with E-state index in [4.69, 9.17) is 4.74 Å². The zero-order valence-corrected chi connectivity index (χ0v) is 12.6. The summed E-state index contributed by atoms with van der Waals surface area (Å²) < 4.78 is 7.79. The standard InChI is InChI=1S/C15H21N5O/c1-12-5-18-20(8-12)11-15-10-19(3-4-21-15)9-14-7-16-13(2)6-17-14/h5-8,15H,3-4,9-11H2,1-2H3/t15-/m1/s1. The first-order valence-corrected chi connectivity index (χ1v) is 7.29. The minimum Gasteiger partial charge on any atom is -0.374 e. The molecule has 112 valence electrons. The van der Waals surface area contributed by atoms with Crippen molar-refractivity contribution in [1.82, 2.24) is 24.6 Å². The van der Waals surface area contributed by atoms with Gasteiger partial charge in [0.25, 0.3) is 0 Å². The molecule has 6 heteroatoms. The van der Waals surface area contributed by atoms with E-state index in [1.54, 1.807) is 0 Å². The lowest BCUT2D eigenvalue weighted by Crippen LogP contribution is -2.43. The lowest BCUT2D eigenvalue weighted by Gasteiger charge is -2.32. The van der Waals surface area contributed by atoms with Crippen LogP contribution in [-0.2, 0) is 17.8 Å². The van der Waals surface area contributed by atoms with Crippen LogP contribution in [0.15, 0.2) is 24.8 Å². The summed E-state index contributed by atoms with van der Waals surface area (Å²) in [5.41, 5.74) is 3.14. The molecule has 1 aliphatic heterocycles. The van der Waals surface area contributed by atoms with Gasteiger partial charge in [-0.15, -0.1) is 0 Å². The average Bonchev–Trinajstić information content (AvgIpc) is 2.87. The number of nitrogens with zero attached hydrogens (tertiary/aromatic N) is 5. The molecule has 3 rings (SSSR count). The van der Waals surface area contributed by atoms with Gasteiger partial charge in [-0.05, 0) is 19.4 Å². The third-order valence-corrected chi connectivity index (χ3v) is 3.60. The van der Waals surface area contributed by atoms with Crippen molar-refractivity contribution in [1.29, 1.82) is 0 Å². The zero-order chi connectivity index (χ0) is 14.7. The molecule has 1 atom stereocenters. The van der Waals surface area contributed by atoms with Gasteiger partial charge in [-0.2, -0.15) is 5.10 Å². The van der Waals surface area contributed by atoms with Gasteiger partial charge in [-0.1, -0.05) is 0 Å². The lowest BCUT2D eigenvalue weighted by atomic mass is 10.2. The molecule has 0 bridgehead atoms. The Morgan fingerprint density at radius 2 is 2.14 bits per heavy atom. The van der Waals surface area contributed by atoms with Crippen LogP contribution in [0.3, 0.4) is 0 Å². The minimum atomic E-state index is 0.177. The van der Waals surface area contributed by atoms with Crippen molar-refractivity contribution in [3.8, 4) is 0 Å². The van der Waals surface area contributed by atoms with Crippen molar-refractivity contribution in [2.75, 3.05) is 19.7 Å². The summed E-state index contributed by atoms with van der Waals surface area (Å²) in [5, 5.41) is 4.32. The molecule has 6 nitrogen and oxygen atoms in total. The van der Waals surface area contributed by atoms with E-state index in [-0.39, 0.29) is 6.10 Å². The molecule has 2 aromatic rings. The Hall–Kier alpha value is -1.79. The van der Waals surface area contributed by atoms with E-state index in [9.17, 15) is 0 Å². The quantitative estimate of drug-likeness (QED) is 0.845. The summed E-state index contributed by atoms with van der Waals surface area (Å²) in [6.07, 6.45) is 7.78. The van der Waals surface area contributed by atoms with Crippen LogP contribution in [0.1, 0.15) is 17.0 Å². The fourth-order valence-electron chi connectivity index (χ4n) is 2.54. The monoisotopic (exact) mass is 287 g/mol. The molecule has 1 aliphatic rings. The smallest absolute Gasteiger partial charge is 0.0898 e. The van der Waals surface area contributed by atoms with Crippen LogP contribution in [0, 0.1) is 13.8 Å². The van der Waals surface area contributed by atoms with Crippen LogP contribution in [-0.4, -0.2) is 50.4 Å². The predicted molar refractivity (Wildman–Crippen MR) is 78.8 cm³/mol. The second-order valence-corrected chi connectivity index (χ2v) is 5.62. The molecule has 0 radical (unpaired) electrons. The Morgan fingerprint density at radius 3 is 2.86 bits per heavy atom. The van der Waals surface area contributed by atoms with Crippen molar-refractivity contribution in [2.24, 2.45) is 0 Å². The van der Waals surface area contributed by atoms with Crippen LogP contribution in [0.25, 0.3) is 0 Å². The topological polar surface area (TPSA) is 56.1 Å². The van der Waals surface area contributed by atoms with Gasteiger partial charge in [-0.3, -0.25) is 19.5 Å². The second-order valence-electron chi connectivity index (χ2n) is 5.62. The minimum absolute atomic E-state index is 0.177. The molecular formula is C15H21N5O. The Balaban J connectivity index is 1.56. The van der Waals surface area contributed by atoms with E-state index in [0.717, 1.165) is 44.2 Å². The zero-order valence-electron chi connectivity index (χ0n) is 12.6. The summed E-state index contributed by atoms with van der Waals surface area (Å²) in [6, 6.07) is 0. The second kappa shape index (κ2) is 6.32. The van der Waals surface area contributed by atoms with Gasteiger partial charge >= 0.3 is 0 Å². The van der Waals surface area contributed by atoms with Crippen LogP contribution in [0.2, 0.25) is 0 Å². The number of aryl methyl sites for hydroxylation is 2. The number of hydrogen-bond donors (Lipinski definition) is 0. The van der Waals surface area contributed by atoms with Crippen molar-refractivity contribution < 1.29 is 4.74 Å². The van der Waals surface area contributed by atoms with Gasteiger partial charge in [0, 0.05) is 38.2 Å². The largest absolute Gasteiger partial charge is 0.374 e. The highest BCUT2D eigenvalue weighted by Gasteiger charge is 2.21. The van der Waals surface area contributed by atoms with E-state index >= 15 is 0 Å². The maximum atomic E-state index is 5.84. The van der Waals surface area contributed by atoms with Crippen LogP contribution in [0.5, 0.6) is 0 Å². The van der Waals surface area contributed by atoms with Crippen molar-refractivity contribution in [3.63, 3.8) is 0 Å². The SMILES string of the molecule is Cc1cnn(C[C@H]2CN(Cc3cnc(C)cn3)CCO2)c1. The summed E-state index contributed by atoms with van der Waals surface area (Å²) in [7, 11) is 0. The fourth-order valence-corrected chi connectivity index (χ4v) is 2.54. The van der Waals surface area contributed by atoms with Crippen LogP contribution < -0.4 is 0 Å². The van der Waals surface area contributed by atoms with Gasteiger partial charge in [0.05, 0.1) is 36.8 Å². The molecule has 1 fully saturated rings. The lowest BCUT2D eigenvalue weighted by molar-refractivity contribution is -0.0405. The number of morpholine rings is 1. The molecule has 2 aromatic heterocycles. The number of ether oxygens (including phenoxy) is 1. The Morgan fingerprint density at radius 1 is 1.24 bits per heavy atom. The predicted octanol–water partition coefficient (Wildman–Crippen LogP) is 1.19. The van der Waals surface area contributed by atoms with E-state index in [1.165, 1.54) is 5.56 Å².